The first kappa shape index (κ1) is 21.7. The van der Waals surface area contributed by atoms with E-state index in [2.05, 4.69) is 25.8 Å². The molecule has 0 unspecified atom stereocenters. The second kappa shape index (κ2) is 9.64. The largest absolute Gasteiger partial charge is 0.496 e. The molecule has 3 rings (SSSR count). The summed E-state index contributed by atoms with van der Waals surface area (Å²) in [5, 5.41) is 12.7. The lowest BCUT2D eigenvalue weighted by atomic mass is 10.1. The van der Waals surface area contributed by atoms with Crippen LogP contribution < -0.4 is 15.4 Å². The standard InChI is InChI=1S/C20H20ClN5O3S/c1-11-4-6-14(8-12(11)2)22-19(28)23-17(27)10-30-20-24-18(25-26-20)15-9-13(21)5-7-16(15)29-3/h4-9H,10H2,1-3H3,(H,24,25,26)(H2,22,23,27,28). The molecule has 0 spiro atoms. The van der Waals surface area contributed by atoms with Crippen molar-refractivity contribution in [3.63, 3.8) is 0 Å². The van der Waals surface area contributed by atoms with Gasteiger partial charge in [-0.3, -0.25) is 15.2 Å². The number of hydrogen-bond donors (Lipinski definition) is 3. The van der Waals surface area contributed by atoms with Gasteiger partial charge in [-0.1, -0.05) is 29.4 Å². The lowest BCUT2D eigenvalue weighted by Gasteiger charge is -2.08. The van der Waals surface area contributed by atoms with Crippen LogP contribution in [0.25, 0.3) is 11.4 Å². The van der Waals surface area contributed by atoms with E-state index >= 15 is 0 Å². The van der Waals surface area contributed by atoms with E-state index < -0.39 is 11.9 Å². The predicted molar refractivity (Wildman–Crippen MR) is 117 cm³/mol. The van der Waals surface area contributed by atoms with Crippen LogP contribution in [0.15, 0.2) is 41.6 Å². The van der Waals surface area contributed by atoms with Crippen molar-refractivity contribution >= 4 is 41.0 Å². The Balaban J connectivity index is 1.55. The number of H-pyrrole nitrogens is 1. The van der Waals surface area contributed by atoms with E-state index in [9.17, 15) is 9.59 Å². The molecule has 0 aliphatic carbocycles. The van der Waals surface area contributed by atoms with Crippen LogP contribution >= 0.6 is 23.4 Å². The topological polar surface area (TPSA) is 109 Å². The predicted octanol–water partition coefficient (Wildman–Crippen LogP) is 4.19. The fraction of sp³-hybridized carbons (Fsp3) is 0.200. The number of hydrogen-bond acceptors (Lipinski definition) is 6. The SMILES string of the molecule is COc1ccc(Cl)cc1-c1nc(SCC(=O)NC(=O)Nc2ccc(C)c(C)c2)n[nH]1. The first-order valence-electron chi connectivity index (χ1n) is 8.93. The van der Waals surface area contributed by atoms with E-state index in [4.69, 9.17) is 16.3 Å². The Morgan fingerprint density at radius 3 is 2.70 bits per heavy atom. The minimum atomic E-state index is -0.594. The van der Waals surface area contributed by atoms with Gasteiger partial charge in [-0.25, -0.2) is 9.78 Å². The molecule has 156 valence electrons. The van der Waals surface area contributed by atoms with Crippen molar-refractivity contribution in [2.45, 2.75) is 19.0 Å². The lowest BCUT2D eigenvalue weighted by Crippen LogP contribution is -2.35. The van der Waals surface area contributed by atoms with Gasteiger partial charge in [0.15, 0.2) is 5.82 Å². The van der Waals surface area contributed by atoms with Crippen LogP contribution in [-0.4, -0.2) is 40.0 Å². The number of halogens is 1. The van der Waals surface area contributed by atoms with Gasteiger partial charge in [0.05, 0.1) is 18.4 Å². The summed E-state index contributed by atoms with van der Waals surface area (Å²) in [5.41, 5.74) is 3.44. The fourth-order valence-corrected chi connectivity index (χ4v) is 3.34. The van der Waals surface area contributed by atoms with Crippen molar-refractivity contribution in [3.05, 3.63) is 52.5 Å². The van der Waals surface area contributed by atoms with Gasteiger partial charge in [0.2, 0.25) is 11.1 Å². The third kappa shape index (κ3) is 5.52. The first-order valence-corrected chi connectivity index (χ1v) is 10.3. The number of aromatic amines is 1. The molecular formula is C20H20ClN5O3S. The number of anilines is 1. The molecule has 0 bridgehead atoms. The minimum absolute atomic E-state index is 0.0235. The molecule has 0 aliphatic heterocycles. The Morgan fingerprint density at radius 2 is 1.97 bits per heavy atom. The number of carbonyl (C=O) groups excluding carboxylic acids is 2. The minimum Gasteiger partial charge on any atom is -0.496 e. The Hall–Kier alpha value is -3.04. The molecule has 1 aromatic heterocycles. The number of carbonyl (C=O) groups is 2. The first-order chi connectivity index (χ1) is 14.4. The van der Waals surface area contributed by atoms with Gasteiger partial charge in [0.1, 0.15) is 5.75 Å². The number of thioether (sulfide) groups is 1. The maximum Gasteiger partial charge on any atom is 0.325 e. The maximum absolute atomic E-state index is 12.1. The molecule has 8 nitrogen and oxygen atoms in total. The fourth-order valence-electron chi connectivity index (χ4n) is 2.57. The van der Waals surface area contributed by atoms with Crippen LogP contribution in [0.4, 0.5) is 10.5 Å². The molecule has 0 atom stereocenters. The Labute approximate surface area is 182 Å². The third-order valence-corrected chi connectivity index (χ3v) is 5.31. The molecule has 30 heavy (non-hydrogen) atoms. The number of imide groups is 1. The molecule has 0 fully saturated rings. The van der Waals surface area contributed by atoms with Crippen molar-refractivity contribution in [2.24, 2.45) is 0 Å². The number of aryl methyl sites for hydroxylation is 2. The number of benzene rings is 2. The number of amides is 3. The highest BCUT2D eigenvalue weighted by Gasteiger charge is 2.14. The number of rotatable bonds is 6. The summed E-state index contributed by atoms with van der Waals surface area (Å²) in [6.45, 7) is 3.93. The molecule has 3 aromatic rings. The molecule has 0 saturated carbocycles. The monoisotopic (exact) mass is 445 g/mol. The normalized spacial score (nSPS) is 10.5. The van der Waals surface area contributed by atoms with Gasteiger partial charge in [-0.2, -0.15) is 0 Å². The average molecular weight is 446 g/mol. The van der Waals surface area contributed by atoms with E-state index in [1.54, 1.807) is 31.4 Å². The van der Waals surface area contributed by atoms with Crippen LogP contribution in [0.1, 0.15) is 11.1 Å². The zero-order valence-electron chi connectivity index (χ0n) is 16.6. The molecule has 3 N–H and O–H groups in total. The molecule has 2 aromatic carbocycles. The Bertz CT molecular complexity index is 1090. The van der Waals surface area contributed by atoms with Crippen LogP contribution in [0.3, 0.4) is 0 Å². The van der Waals surface area contributed by atoms with Gasteiger partial charge >= 0.3 is 6.03 Å². The molecule has 0 aliphatic rings. The van der Waals surface area contributed by atoms with E-state index in [0.717, 1.165) is 22.9 Å². The lowest BCUT2D eigenvalue weighted by molar-refractivity contribution is -0.117. The summed E-state index contributed by atoms with van der Waals surface area (Å²) < 4.78 is 5.31. The molecule has 1 heterocycles. The highest BCUT2D eigenvalue weighted by Crippen LogP contribution is 2.31. The molecule has 0 radical (unpaired) electrons. The Kier molecular flexibility index (Phi) is 6.96. The second-order valence-corrected chi connectivity index (χ2v) is 7.78. The van der Waals surface area contributed by atoms with Crippen LogP contribution in [0, 0.1) is 13.8 Å². The molecule has 10 heteroatoms. The van der Waals surface area contributed by atoms with Gasteiger partial charge in [0.25, 0.3) is 0 Å². The van der Waals surface area contributed by atoms with Crippen LogP contribution in [0.2, 0.25) is 5.02 Å². The average Bonchev–Trinajstić information content (AvgIpc) is 3.18. The van der Waals surface area contributed by atoms with Crippen LogP contribution in [-0.2, 0) is 4.79 Å². The number of ether oxygens (including phenoxy) is 1. The van der Waals surface area contributed by atoms with Gasteiger partial charge in [0, 0.05) is 10.7 Å². The number of methoxy groups -OCH3 is 1. The number of aromatic nitrogens is 3. The van der Waals surface area contributed by atoms with Crippen molar-refractivity contribution in [1.29, 1.82) is 0 Å². The van der Waals surface area contributed by atoms with Crippen molar-refractivity contribution in [2.75, 3.05) is 18.2 Å². The summed E-state index contributed by atoms with van der Waals surface area (Å²) in [6, 6.07) is 10.1. The zero-order valence-corrected chi connectivity index (χ0v) is 18.1. The second-order valence-electron chi connectivity index (χ2n) is 6.40. The van der Waals surface area contributed by atoms with Gasteiger partial charge in [-0.05, 0) is 55.3 Å². The third-order valence-electron chi connectivity index (χ3n) is 4.23. The number of nitrogens with one attached hydrogen (secondary N) is 3. The molecule has 0 saturated heterocycles. The summed E-state index contributed by atoms with van der Waals surface area (Å²) in [7, 11) is 1.55. The highest BCUT2D eigenvalue weighted by molar-refractivity contribution is 7.99. The van der Waals surface area contributed by atoms with Crippen molar-refractivity contribution in [3.8, 4) is 17.1 Å². The van der Waals surface area contributed by atoms with Crippen LogP contribution in [0.5, 0.6) is 5.75 Å². The molecule has 3 amide bonds. The maximum atomic E-state index is 12.1. The zero-order chi connectivity index (χ0) is 21.7. The van der Waals surface area contributed by atoms with Gasteiger partial charge < -0.3 is 10.1 Å². The summed E-state index contributed by atoms with van der Waals surface area (Å²) in [6.07, 6.45) is 0. The Morgan fingerprint density at radius 1 is 1.17 bits per heavy atom. The van der Waals surface area contributed by atoms with E-state index in [1.165, 1.54) is 0 Å². The van der Waals surface area contributed by atoms with Crippen molar-refractivity contribution < 1.29 is 14.3 Å². The van der Waals surface area contributed by atoms with E-state index in [1.807, 2.05) is 26.0 Å². The number of nitrogens with zero attached hydrogens (tertiary/aromatic N) is 2. The van der Waals surface area contributed by atoms with Gasteiger partial charge in [-0.15, -0.1) is 5.10 Å². The summed E-state index contributed by atoms with van der Waals surface area (Å²) in [5.74, 6) is 0.565. The quantitative estimate of drug-likeness (QED) is 0.491. The van der Waals surface area contributed by atoms with E-state index in [-0.39, 0.29) is 5.75 Å². The number of urea groups is 1. The summed E-state index contributed by atoms with van der Waals surface area (Å²) in [4.78, 5) is 28.4. The smallest absolute Gasteiger partial charge is 0.325 e. The molecular weight excluding hydrogens is 426 g/mol. The van der Waals surface area contributed by atoms with E-state index in [0.29, 0.717) is 33.0 Å². The van der Waals surface area contributed by atoms with Crippen molar-refractivity contribution in [1.82, 2.24) is 20.5 Å². The highest BCUT2D eigenvalue weighted by atomic mass is 35.5. The summed E-state index contributed by atoms with van der Waals surface area (Å²) >= 11 is 7.14.